The lowest BCUT2D eigenvalue weighted by atomic mass is 10.0. The van der Waals surface area contributed by atoms with Gasteiger partial charge in [0.2, 0.25) is 0 Å². The maximum atomic E-state index is 11.6. The number of benzene rings is 1. The standard InChI is InChI=1S/C12H15ClN2O/c1-12(2)8-14-11(16)15(12)7-9-3-5-10(13)6-4-9/h3-6H,7-8H2,1-2H3,(H,14,16). The van der Waals surface area contributed by atoms with E-state index >= 15 is 0 Å². The molecule has 1 aromatic carbocycles. The van der Waals surface area contributed by atoms with E-state index in [1.807, 2.05) is 29.2 Å². The zero-order valence-electron chi connectivity index (χ0n) is 9.46. The van der Waals surface area contributed by atoms with Crippen molar-refractivity contribution in [3.63, 3.8) is 0 Å². The average molecular weight is 239 g/mol. The SMILES string of the molecule is CC1(C)CNC(=O)N1Cc1ccc(Cl)cc1. The van der Waals surface area contributed by atoms with E-state index in [1.54, 1.807) is 0 Å². The first-order valence-corrected chi connectivity index (χ1v) is 5.67. The van der Waals surface area contributed by atoms with Crippen molar-refractivity contribution in [3.05, 3.63) is 34.9 Å². The van der Waals surface area contributed by atoms with Gasteiger partial charge in [-0.25, -0.2) is 4.79 Å². The van der Waals surface area contributed by atoms with Gasteiger partial charge in [-0.1, -0.05) is 23.7 Å². The molecular formula is C12H15ClN2O. The molecule has 0 spiro atoms. The Balaban J connectivity index is 2.15. The summed E-state index contributed by atoms with van der Waals surface area (Å²) >= 11 is 5.82. The second-order valence-corrected chi connectivity index (χ2v) is 5.12. The molecule has 1 aromatic rings. The topological polar surface area (TPSA) is 32.3 Å². The van der Waals surface area contributed by atoms with Crippen LogP contribution >= 0.6 is 11.6 Å². The van der Waals surface area contributed by atoms with Crippen LogP contribution in [0.15, 0.2) is 24.3 Å². The number of halogens is 1. The molecule has 0 bridgehead atoms. The summed E-state index contributed by atoms with van der Waals surface area (Å²) in [4.78, 5) is 13.5. The summed E-state index contributed by atoms with van der Waals surface area (Å²) in [5.41, 5.74) is 0.964. The van der Waals surface area contributed by atoms with Gasteiger partial charge < -0.3 is 10.2 Å². The van der Waals surface area contributed by atoms with Gasteiger partial charge in [-0.2, -0.15) is 0 Å². The molecule has 1 N–H and O–H groups in total. The van der Waals surface area contributed by atoms with Gasteiger partial charge >= 0.3 is 6.03 Å². The maximum Gasteiger partial charge on any atom is 0.318 e. The molecule has 0 unspecified atom stereocenters. The quantitative estimate of drug-likeness (QED) is 0.844. The van der Waals surface area contributed by atoms with Gasteiger partial charge in [0, 0.05) is 18.1 Å². The summed E-state index contributed by atoms with van der Waals surface area (Å²) in [6.45, 7) is 5.43. The van der Waals surface area contributed by atoms with Crippen molar-refractivity contribution in [2.45, 2.75) is 25.9 Å². The van der Waals surface area contributed by atoms with Crippen LogP contribution in [0, 0.1) is 0 Å². The molecule has 0 aromatic heterocycles. The minimum Gasteiger partial charge on any atom is -0.336 e. The maximum absolute atomic E-state index is 11.6. The Kier molecular flexibility index (Phi) is 2.80. The molecule has 0 radical (unpaired) electrons. The molecule has 1 aliphatic heterocycles. The number of nitrogens with one attached hydrogen (secondary N) is 1. The van der Waals surface area contributed by atoms with E-state index in [2.05, 4.69) is 19.2 Å². The zero-order valence-corrected chi connectivity index (χ0v) is 10.2. The molecule has 1 fully saturated rings. The number of urea groups is 1. The van der Waals surface area contributed by atoms with E-state index in [0.717, 1.165) is 5.56 Å². The Bertz CT molecular complexity index is 400. The lowest BCUT2D eigenvalue weighted by Gasteiger charge is -2.29. The molecular weight excluding hydrogens is 224 g/mol. The molecule has 0 saturated carbocycles. The van der Waals surface area contributed by atoms with E-state index in [1.165, 1.54) is 0 Å². The van der Waals surface area contributed by atoms with Crippen LogP contribution in [0.3, 0.4) is 0 Å². The third-order valence-electron chi connectivity index (χ3n) is 2.90. The Morgan fingerprint density at radius 2 is 2.00 bits per heavy atom. The normalized spacial score (nSPS) is 18.7. The molecule has 0 aliphatic carbocycles. The molecule has 16 heavy (non-hydrogen) atoms. The molecule has 1 aliphatic rings. The van der Waals surface area contributed by atoms with Crippen LogP contribution in [0.1, 0.15) is 19.4 Å². The molecule has 1 saturated heterocycles. The predicted octanol–water partition coefficient (Wildman–Crippen LogP) is 2.64. The van der Waals surface area contributed by atoms with Crippen molar-refractivity contribution in [2.24, 2.45) is 0 Å². The minimum absolute atomic E-state index is 0.0000463. The average Bonchev–Trinajstić information content (AvgIpc) is 2.48. The van der Waals surface area contributed by atoms with E-state index in [0.29, 0.717) is 18.1 Å². The van der Waals surface area contributed by atoms with E-state index in [9.17, 15) is 4.79 Å². The van der Waals surface area contributed by atoms with Crippen LogP contribution in [0.2, 0.25) is 5.02 Å². The lowest BCUT2D eigenvalue weighted by molar-refractivity contribution is 0.172. The monoisotopic (exact) mass is 238 g/mol. The highest BCUT2D eigenvalue weighted by Gasteiger charge is 2.37. The van der Waals surface area contributed by atoms with Crippen molar-refractivity contribution < 1.29 is 4.79 Å². The number of rotatable bonds is 2. The second kappa shape index (κ2) is 3.98. The van der Waals surface area contributed by atoms with Crippen LogP contribution in [0.4, 0.5) is 4.79 Å². The molecule has 0 atom stereocenters. The fourth-order valence-corrected chi connectivity index (χ4v) is 1.94. The summed E-state index contributed by atoms with van der Waals surface area (Å²) in [5.74, 6) is 0. The minimum atomic E-state index is -0.128. The van der Waals surface area contributed by atoms with Gasteiger partial charge in [0.05, 0.1) is 5.54 Å². The van der Waals surface area contributed by atoms with E-state index in [-0.39, 0.29) is 11.6 Å². The van der Waals surface area contributed by atoms with Gasteiger partial charge in [0.15, 0.2) is 0 Å². The molecule has 2 amide bonds. The Labute approximate surface area is 100 Å². The second-order valence-electron chi connectivity index (χ2n) is 4.68. The molecule has 86 valence electrons. The van der Waals surface area contributed by atoms with Gasteiger partial charge in [-0.3, -0.25) is 0 Å². The Morgan fingerprint density at radius 1 is 1.38 bits per heavy atom. The predicted molar refractivity (Wildman–Crippen MR) is 64.5 cm³/mol. The van der Waals surface area contributed by atoms with Gasteiger partial charge in [0.1, 0.15) is 0 Å². The highest BCUT2D eigenvalue weighted by Crippen LogP contribution is 2.22. The first-order chi connectivity index (χ1) is 7.49. The molecule has 1 heterocycles. The van der Waals surface area contributed by atoms with E-state index in [4.69, 9.17) is 11.6 Å². The third kappa shape index (κ3) is 2.14. The summed E-state index contributed by atoms with van der Waals surface area (Å²) in [6.07, 6.45) is 0. The van der Waals surface area contributed by atoms with Gasteiger partial charge in [0.25, 0.3) is 0 Å². The lowest BCUT2D eigenvalue weighted by Crippen LogP contribution is -2.41. The summed E-state index contributed by atoms with van der Waals surface area (Å²) in [5, 5.41) is 3.57. The van der Waals surface area contributed by atoms with Crippen LogP contribution in [-0.4, -0.2) is 23.0 Å². The van der Waals surface area contributed by atoms with Crippen molar-refractivity contribution in [3.8, 4) is 0 Å². The number of carbonyl (C=O) groups excluding carboxylic acids is 1. The van der Waals surface area contributed by atoms with Crippen LogP contribution in [0.25, 0.3) is 0 Å². The first-order valence-electron chi connectivity index (χ1n) is 5.29. The number of hydrogen-bond donors (Lipinski definition) is 1. The van der Waals surface area contributed by atoms with Crippen molar-refractivity contribution in [2.75, 3.05) is 6.54 Å². The molecule has 2 rings (SSSR count). The summed E-state index contributed by atoms with van der Waals surface area (Å²) in [6, 6.07) is 7.59. The third-order valence-corrected chi connectivity index (χ3v) is 3.15. The summed E-state index contributed by atoms with van der Waals surface area (Å²) < 4.78 is 0. The van der Waals surface area contributed by atoms with Crippen LogP contribution < -0.4 is 5.32 Å². The molecule has 3 nitrogen and oxygen atoms in total. The molecule has 4 heteroatoms. The number of amides is 2. The van der Waals surface area contributed by atoms with Gasteiger partial charge in [-0.15, -0.1) is 0 Å². The number of carbonyl (C=O) groups is 1. The summed E-state index contributed by atoms with van der Waals surface area (Å²) in [7, 11) is 0. The van der Waals surface area contributed by atoms with Crippen molar-refractivity contribution in [1.29, 1.82) is 0 Å². The number of nitrogens with zero attached hydrogens (tertiary/aromatic N) is 1. The Morgan fingerprint density at radius 3 is 2.50 bits per heavy atom. The fourth-order valence-electron chi connectivity index (χ4n) is 1.82. The van der Waals surface area contributed by atoms with Crippen LogP contribution in [0.5, 0.6) is 0 Å². The largest absolute Gasteiger partial charge is 0.336 e. The van der Waals surface area contributed by atoms with Crippen LogP contribution in [-0.2, 0) is 6.54 Å². The number of hydrogen-bond acceptors (Lipinski definition) is 1. The van der Waals surface area contributed by atoms with E-state index < -0.39 is 0 Å². The Hall–Kier alpha value is -1.22. The zero-order chi connectivity index (χ0) is 11.8. The highest BCUT2D eigenvalue weighted by atomic mass is 35.5. The first kappa shape index (κ1) is 11.3. The smallest absolute Gasteiger partial charge is 0.318 e. The fraction of sp³-hybridized carbons (Fsp3) is 0.417. The van der Waals surface area contributed by atoms with Crippen molar-refractivity contribution in [1.82, 2.24) is 10.2 Å². The van der Waals surface area contributed by atoms with Crippen molar-refractivity contribution >= 4 is 17.6 Å². The van der Waals surface area contributed by atoms with Gasteiger partial charge in [-0.05, 0) is 31.5 Å². The highest BCUT2D eigenvalue weighted by molar-refractivity contribution is 6.30.